The Morgan fingerprint density at radius 1 is 0.600 bits per heavy atom. The van der Waals surface area contributed by atoms with E-state index < -0.39 is 0 Å². The lowest BCUT2D eigenvalue weighted by atomic mass is 10.00. The first-order chi connectivity index (χ1) is 12.1. The van der Waals surface area contributed by atoms with Crippen molar-refractivity contribution < 1.29 is 0 Å². The predicted molar refractivity (Wildman–Crippen MR) is 109 cm³/mol. The van der Waals surface area contributed by atoms with Crippen LogP contribution < -0.4 is 0 Å². The number of hydrogen-bond donors (Lipinski definition) is 0. The first-order valence-electron chi connectivity index (χ1n) is 9.19. The molecule has 1 aromatic heterocycles. The van der Waals surface area contributed by atoms with E-state index in [1.807, 2.05) is 0 Å². The smallest absolute Gasteiger partial charge is 0.0543 e. The summed E-state index contributed by atoms with van der Waals surface area (Å²) in [6, 6.07) is 24.6. The van der Waals surface area contributed by atoms with E-state index >= 15 is 0 Å². The molecule has 25 heavy (non-hydrogen) atoms. The topological polar surface area (TPSA) is 4.93 Å². The highest BCUT2D eigenvalue weighted by atomic mass is 15.0. The Balaban J connectivity index is 2.14. The van der Waals surface area contributed by atoms with E-state index in [9.17, 15) is 0 Å². The van der Waals surface area contributed by atoms with E-state index in [1.54, 1.807) is 0 Å². The van der Waals surface area contributed by atoms with Crippen molar-refractivity contribution in [2.24, 2.45) is 0 Å². The molecule has 4 aromatic rings. The Morgan fingerprint density at radius 3 is 1.52 bits per heavy atom. The number of hydrogen-bond acceptors (Lipinski definition) is 0. The second-order valence-corrected chi connectivity index (χ2v) is 7.53. The van der Waals surface area contributed by atoms with Gasteiger partial charge in [0.1, 0.15) is 0 Å². The van der Waals surface area contributed by atoms with Gasteiger partial charge in [0.2, 0.25) is 0 Å². The average molecular weight is 327 g/mol. The van der Waals surface area contributed by atoms with Crippen LogP contribution in [-0.4, -0.2) is 4.57 Å². The maximum absolute atomic E-state index is 2.42. The van der Waals surface area contributed by atoms with Crippen LogP contribution in [0, 0.1) is 0 Å². The number of para-hydroxylation sites is 1. The van der Waals surface area contributed by atoms with Crippen LogP contribution in [0.2, 0.25) is 0 Å². The van der Waals surface area contributed by atoms with Crippen LogP contribution in [-0.2, 0) is 0 Å². The predicted octanol–water partition coefficient (Wildman–Crippen LogP) is 7.03. The van der Waals surface area contributed by atoms with Gasteiger partial charge in [-0.2, -0.15) is 0 Å². The van der Waals surface area contributed by atoms with Gasteiger partial charge in [-0.3, -0.25) is 0 Å². The van der Waals surface area contributed by atoms with E-state index in [1.165, 1.54) is 38.6 Å². The number of aromatic nitrogens is 1. The van der Waals surface area contributed by atoms with Gasteiger partial charge in [-0.1, -0.05) is 70.2 Å². The standard InChI is InChI=1S/C24H25N/c1-16(2)18-10-12-21-22-13-11-19(17(3)4)15-24(22)25(23(21)14-18)20-8-6-5-7-9-20/h5-17H,1-4H3. The van der Waals surface area contributed by atoms with Crippen molar-refractivity contribution in [1.29, 1.82) is 0 Å². The number of benzene rings is 3. The lowest BCUT2D eigenvalue weighted by Crippen LogP contribution is -1.95. The van der Waals surface area contributed by atoms with Crippen LogP contribution in [0.3, 0.4) is 0 Å². The summed E-state index contributed by atoms with van der Waals surface area (Å²) in [6.45, 7) is 9.03. The van der Waals surface area contributed by atoms with Crippen LogP contribution in [0.25, 0.3) is 27.5 Å². The van der Waals surface area contributed by atoms with Gasteiger partial charge in [0.05, 0.1) is 11.0 Å². The molecule has 1 nitrogen and oxygen atoms in total. The quantitative estimate of drug-likeness (QED) is 0.380. The van der Waals surface area contributed by atoms with Crippen molar-refractivity contribution in [3.8, 4) is 5.69 Å². The van der Waals surface area contributed by atoms with E-state index in [0.29, 0.717) is 11.8 Å². The molecule has 3 aromatic carbocycles. The summed E-state index contributed by atoms with van der Waals surface area (Å²) < 4.78 is 2.42. The SMILES string of the molecule is CC(C)c1ccc2c3ccc(C(C)C)cc3n(-c3ccccc3)c2c1. The zero-order valence-corrected chi connectivity index (χ0v) is 15.5. The van der Waals surface area contributed by atoms with Gasteiger partial charge in [0.15, 0.2) is 0 Å². The van der Waals surface area contributed by atoms with Crippen molar-refractivity contribution >= 4 is 21.8 Å². The molecule has 1 heterocycles. The number of fused-ring (bicyclic) bond motifs is 3. The highest BCUT2D eigenvalue weighted by Crippen LogP contribution is 2.35. The lowest BCUT2D eigenvalue weighted by Gasteiger charge is -2.11. The van der Waals surface area contributed by atoms with Crippen molar-refractivity contribution in [3.63, 3.8) is 0 Å². The summed E-state index contributed by atoms with van der Waals surface area (Å²) >= 11 is 0. The zero-order chi connectivity index (χ0) is 17.6. The minimum atomic E-state index is 0.526. The molecular weight excluding hydrogens is 302 g/mol. The lowest BCUT2D eigenvalue weighted by molar-refractivity contribution is 0.867. The molecule has 4 rings (SSSR count). The van der Waals surface area contributed by atoms with E-state index in [4.69, 9.17) is 0 Å². The second-order valence-electron chi connectivity index (χ2n) is 7.53. The van der Waals surface area contributed by atoms with Gasteiger partial charge in [-0.05, 0) is 47.2 Å². The van der Waals surface area contributed by atoms with E-state index in [-0.39, 0.29) is 0 Å². The van der Waals surface area contributed by atoms with Crippen molar-refractivity contribution in [2.75, 3.05) is 0 Å². The van der Waals surface area contributed by atoms with Gasteiger partial charge in [-0.15, -0.1) is 0 Å². The average Bonchev–Trinajstić information content (AvgIpc) is 2.95. The number of nitrogens with zero attached hydrogens (tertiary/aromatic N) is 1. The first kappa shape index (κ1) is 16.0. The van der Waals surface area contributed by atoms with Gasteiger partial charge >= 0.3 is 0 Å². The monoisotopic (exact) mass is 327 g/mol. The third kappa shape index (κ3) is 2.64. The molecule has 0 radical (unpaired) electrons. The fraction of sp³-hybridized carbons (Fsp3) is 0.250. The third-order valence-corrected chi connectivity index (χ3v) is 5.16. The Labute approximate surface area is 149 Å². The van der Waals surface area contributed by atoms with Gasteiger partial charge in [-0.25, -0.2) is 0 Å². The molecule has 0 N–H and O–H groups in total. The molecule has 0 aliphatic rings. The molecule has 0 aliphatic heterocycles. The van der Waals surface area contributed by atoms with Crippen molar-refractivity contribution in [1.82, 2.24) is 4.57 Å². The minimum absolute atomic E-state index is 0.526. The first-order valence-corrected chi connectivity index (χ1v) is 9.19. The highest BCUT2D eigenvalue weighted by Gasteiger charge is 2.14. The largest absolute Gasteiger partial charge is 0.309 e. The van der Waals surface area contributed by atoms with E-state index in [0.717, 1.165) is 0 Å². The normalized spacial score (nSPS) is 11.9. The molecule has 0 saturated carbocycles. The molecule has 1 heteroatoms. The Bertz CT molecular complexity index is 971. The molecule has 0 amide bonds. The summed E-state index contributed by atoms with van der Waals surface area (Å²) in [5.74, 6) is 1.05. The maximum atomic E-state index is 2.42. The summed E-state index contributed by atoms with van der Waals surface area (Å²) in [4.78, 5) is 0. The molecule has 126 valence electrons. The summed E-state index contributed by atoms with van der Waals surface area (Å²) in [7, 11) is 0. The zero-order valence-electron chi connectivity index (χ0n) is 15.5. The van der Waals surface area contributed by atoms with Crippen molar-refractivity contribution in [3.05, 3.63) is 77.9 Å². The molecule has 0 spiro atoms. The van der Waals surface area contributed by atoms with Gasteiger partial charge in [0, 0.05) is 16.5 Å². The van der Waals surface area contributed by atoms with Crippen LogP contribution in [0.15, 0.2) is 66.7 Å². The Morgan fingerprint density at radius 2 is 1.08 bits per heavy atom. The number of rotatable bonds is 3. The molecule has 0 fully saturated rings. The fourth-order valence-corrected chi connectivity index (χ4v) is 3.63. The molecule has 0 aliphatic carbocycles. The fourth-order valence-electron chi connectivity index (χ4n) is 3.63. The molecule has 0 saturated heterocycles. The molecular formula is C24H25N. The van der Waals surface area contributed by atoms with Crippen molar-refractivity contribution in [2.45, 2.75) is 39.5 Å². The summed E-state index contributed by atoms with van der Waals surface area (Å²) in [6.07, 6.45) is 0. The van der Waals surface area contributed by atoms with Crippen LogP contribution in [0.4, 0.5) is 0 Å². The van der Waals surface area contributed by atoms with Gasteiger partial charge < -0.3 is 4.57 Å². The second kappa shape index (κ2) is 6.07. The van der Waals surface area contributed by atoms with E-state index in [2.05, 4.69) is 99.0 Å². The van der Waals surface area contributed by atoms with Crippen LogP contribution in [0.1, 0.15) is 50.7 Å². The Hall–Kier alpha value is -2.54. The molecule has 0 unspecified atom stereocenters. The highest BCUT2D eigenvalue weighted by molar-refractivity contribution is 6.09. The third-order valence-electron chi connectivity index (χ3n) is 5.16. The van der Waals surface area contributed by atoms with Crippen LogP contribution >= 0.6 is 0 Å². The summed E-state index contributed by atoms with van der Waals surface area (Å²) in [5, 5.41) is 2.66. The molecule has 0 bridgehead atoms. The maximum Gasteiger partial charge on any atom is 0.0543 e. The minimum Gasteiger partial charge on any atom is -0.309 e. The summed E-state index contributed by atoms with van der Waals surface area (Å²) in [5.41, 5.74) is 6.60. The molecule has 0 atom stereocenters. The van der Waals surface area contributed by atoms with Gasteiger partial charge in [0.25, 0.3) is 0 Å². The Kier molecular flexibility index (Phi) is 3.88. The van der Waals surface area contributed by atoms with Crippen LogP contribution in [0.5, 0.6) is 0 Å².